The molecule has 0 aliphatic rings. The number of nitrogens with one attached hydrogen (secondary N) is 1. The summed E-state index contributed by atoms with van der Waals surface area (Å²) in [6.45, 7) is 2.56. The van der Waals surface area contributed by atoms with Crippen LogP contribution in [-0.2, 0) is 4.79 Å². The van der Waals surface area contributed by atoms with Crippen molar-refractivity contribution in [2.24, 2.45) is 0 Å². The quantitative estimate of drug-likeness (QED) is 0.701. The molecule has 1 aromatic carbocycles. The van der Waals surface area contributed by atoms with E-state index in [0.29, 0.717) is 17.9 Å². The maximum atomic E-state index is 11.1. The number of ether oxygens (including phenoxy) is 1. The summed E-state index contributed by atoms with van der Waals surface area (Å²) < 4.78 is 4.90. The summed E-state index contributed by atoms with van der Waals surface area (Å²) in [5.41, 5.74) is 0.504. The minimum absolute atomic E-state index is 0.0606. The van der Waals surface area contributed by atoms with Crippen LogP contribution in [0.1, 0.15) is 24.9 Å². The molecule has 94 valence electrons. The summed E-state index contributed by atoms with van der Waals surface area (Å²) in [5, 5.41) is 21.6. The van der Waals surface area contributed by atoms with Gasteiger partial charge in [-0.05, 0) is 30.7 Å². The highest BCUT2D eigenvalue weighted by molar-refractivity contribution is 5.76. The van der Waals surface area contributed by atoms with Gasteiger partial charge in [0.05, 0.1) is 7.11 Å². The zero-order valence-corrected chi connectivity index (χ0v) is 9.93. The fraction of sp³-hybridized carbons (Fsp3) is 0.417. The van der Waals surface area contributed by atoms with Crippen molar-refractivity contribution in [2.75, 3.05) is 13.7 Å². The molecule has 1 atom stereocenters. The minimum atomic E-state index is -0.969. The summed E-state index contributed by atoms with van der Waals surface area (Å²) in [6, 6.07) is 3.76. The van der Waals surface area contributed by atoms with Crippen LogP contribution in [0.2, 0.25) is 0 Å². The van der Waals surface area contributed by atoms with Gasteiger partial charge in [-0.25, -0.2) is 0 Å². The molecule has 0 radical (unpaired) electrons. The van der Waals surface area contributed by atoms with Crippen LogP contribution >= 0.6 is 0 Å². The van der Waals surface area contributed by atoms with E-state index >= 15 is 0 Å². The molecule has 17 heavy (non-hydrogen) atoms. The number of hydrogen-bond acceptors (Lipinski definition) is 4. The first-order valence-electron chi connectivity index (χ1n) is 5.43. The van der Waals surface area contributed by atoms with Crippen molar-refractivity contribution in [3.8, 4) is 11.5 Å². The Morgan fingerprint density at radius 2 is 2.24 bits per heavy atom. The lowest BCUT2D eigenvalue weighted by Gasteiger charge is -2.15. The number of aliphatic carboxylic acids is 1. The third kappa shape index (κ3) is 3.35. The number of phenolic OH excluding ortho intramolecular Hbond substituents is 1. The highest BCUT2D eigenvalue weighted by Crippen LogP contribution is 2.28. The zero-order chi connectivity index (χ0) is 12.8. The van der Waals surface area contributed by atoms with Gasteiger partial charge in [-0.2, -0.15) is 0 Å². The maximum absolute atomic E-state index is 11.1. The van der Waals surface area contributed by atoms with E-state index in [9.17, 15) is 9.90 Å². The third-order valence-electron chi connectivity index (χ3n) is 2.38. The van der Waals surface area contributed by atoms with Crippen molar-refractivity contribution in [3.05, 3.63) is 23.8 Å². The lowest BCUT2D eigenvalue weighted by atomic mass is 10.1. The van der Waals surface area contributed by atoms with E-state index in [-0.39, 0.29) is 5.75 Å². The molecule has 5 nitrogen and oxygen atoms in total. The number of carboxylic acid groups (broad SMARTS) is 1. The van der Waals surface area contributed by atoms with Crippen LogP contribution in [0, 0.1) is 0 Å². The molecule has 0 bridgehead atoms. The van der Waals surface area contributed by atoms with Gasteiger partial charge in [-0.15, -0.1) is 0 Å². The van der Waals surface area contributed by atoms with Gasteiger partial charge in [0.2, 0.25) is 0 Å². The van der Waals surface area contributed by atoms with E-state index in [1.807, 2.05) is 6.92 Å². The predicted octanol–water partition coefficient (Wildman–Crippen LogP) is 1.53. The molecule has 0 saturated heterocycles. The minimum Gasteiger partial charge on any atom is -0.504 e. The second kappa shape index (κ2) is 6.10. The molecule has 1 unspecified atom stereocenters. The molecular formula is C12H17NO4. The Balaban J connectivity index is 2.94. The molecular weight excluding hydrogens is 222 g/mol. The van der Waals surface area contributed by atoms with Gasteiger partial charge in [0, 0.05) is 0 Å². The standard InChI is InChI=1S/C12H17NO4/c1-3-6-13-11(12(15)16)8-4-5-10(17-2)9(14)7-8/h4-5,7,11,13-14H,3,6H2,1-2H3,(H,15,16). The Hall–Kier alpha value is -1.75. The van der Waals surface area contributed by atoms with Crippen LogP contribution in [0.4, 0.5) is 0 Å². The SMILES string of the molecule is CCCNC(C(=O)O)c1ccc(OC)c(O)c1. The van der Waals surface area contributed by atoms with Crippen molar-refractivity contribution in [1.82, 2.24) is 5.32 Å². The Labute approximate surface area is 100 Å². The highest BCUT2D eigenvalue weighted by Gasteiger charge is 2.19. The lowest BCUT2D eigenvalue weighted by molar-refractivity contribution is -0.139. The van der Waals surface area contributed by atoms with Crippen LogP contribution in [0.3, 0.4) is 0 Å². The molecule has 3 N–H and O–H groups in total. The van der Waals surface area contributed by atoms with E-state index in [2.05, 4.69) is 5.32 Å². The first-order chi connectivity index (χ1) is 8.10. The molecule has 0 aromatic heterocycles. The lowest BCUT2D eigenvalue weighted by Crippen LogP contribution is -2.28. The monoisotopic (exact) mass is 239 g/mol. The molecule has 0 heterocycles. The second-order valence-electron chi connectivity index (χ2n) is 3.66. The number of hydrogen-bond donors (Lipinski definition) is 3. The Bertz CT molecular complexity index is 392. The number of carboxylic acids is 1. The van der Waals surface area contributed by atoms with E-state index in [4.69, 9.17) is 9.84 Å². The molecule has 1 aromatic rings. The smallest absolute Gasteiger partial charge is 0.325 e. The number of phenols is 1. The van der Waals surface area contributed by atoms with Gasteiger partial charge in [0.15, 0.2) is 11.5 Å². The summed E-state index contributed by atoms with van der Waals surface area (Å²) in [5.74, 6) is -0.703. The van der Waals surface area contributed by atoms with Crippen LogP contribution < -0.4 is 10.1 Å². The average molecular weight is 239 g/mol. The normalized spacial score (nSPS) is 12.1. The molecule has 0 fully saturated rings. The summed E-state index contributed by atoms with van der Waals surface area (Å²) in [6.07, 6.45) is 0.839. The molecule has 0 spiro atoms. The Morgan fingerprint density at radius 3 is 2.71 bits per heavy atom. The maximum Gasteiger partial charge on any atom is 0.325 e. The number of benzene rings is 1. The van der Waals surface area contributed by atoms with Gasteiger partial charge in [0.1, 0.15) is 6.04 Å². The topological polar surface area (TPSA) is 78.8 Å². The Morgan fingerprint density at radius 1 is 1.53 bits per heavy atom. The van der Waals surface area contributed by atoms with Crippen molar-refractivity contribution in [3.63, 3.8) is 0 Å². The van der Waals surface area contributed by atoms with Crippen LogP contribution in [0.5, 0.6) is 11.5 Å². The predicted molar refractivity (Wildman–Crippen MR) is 63.3 cm³/mol. The highest BCUT2D eigenvalue weighted by atomic mass is 16.5. The van der Waals surface area contributed by atoms with Crippen molar-refractivity contribution < 1.29 is 19.7 Å². The van der Waals surface area contributed by atoms with E-state index in [1.54, 1.807) is 12.1 Å². The van der Waals surface area contributed by atoms with Crippen molar-refractivity contribution >= 4 is 5.97 Å². The average Bonchev–Trinajstić information content (AvgIpc) is 2.29. The number of methoxy groups -OCH3 is 1. The van der Waals surface area contributed by atoms with Crippen molar-refractivity contribution in [1.29, 1.82) is 0 Å². The molecule has 0 saturated carbocycles. The largest absolute Gasteiger partial charge is 0.504 e. The number of carbonyl (C=O) groups is 1. The van der Waals surface area contributed by atoms with Gasteiger partial charge in [0.25, 0.3) is 0 Å². The molecule has 0 amide bonds. The summed E-state index contributed by atoms with van der Waals surface area (Å²) in [4.78, 5) is 11.1. The van der Waals surface area contributed by atoms with Crippen molar-refractivity contribution in [2.45, 2.75) is 19.4 Å². The zero-order valence-electron chi connectivity index (χ0n) is 9.93. The second-order valence-corrected chi connectivity index (χ2v) is 3.66. The summed E-state index contributed by atoms with van der Waals surface area (Å²) in [7, 11) is 1.44. The van der Waals surface area contributed by atoms with E-state index in [1.165, 1.54) is 13.2 Å². The molecule has 1 rings (SSSR count). The first-order valence-corrected chi connectivity index (χ1v) is 5.43. The van der Waals surface area contributed by atoms with Crippen LogP contribution in [0.15, 0.2) is 18.2 Å². The number of rotatable bonds is 6. The Kier molecular flexibility index (Phi) is 4.78. The fourth-order valence-electron chi connectivity index (χ4n) is 1.52. The third-order valence-corrected chi connectivity index (χ3v) is 2.38. The van der Waals surface area contributed by atoms with Crippen LogP contribution in [-0.4, -0.2) is 29.8 Å². The van der Waals surface area contributed by atoms with E-state index < -0.39 is 12.0 Å². The van der Waals surface area contributed by atoms with E-state index in [0.717, 1.165) is 6.42 Å². The fourth-order valence-corrected chi connectivity index (χ4v) is 1.52. The van der Waals surface area contributed by atoms with Gasteiger partial charge >= 0.3 is 5.97 Å². The molecule has 0 aliphatic heterocycles. The molecule has 0 aliphatic carbocycles. The first kappa shape index (κ1) is 13.3. The molecule has 5 heteroatoms. The van der Waals surface area contributed by atoms with Gasteiger partial charge in [-0.1, -0.05) is 13.0 Å². The number of aromatic hydroxyl groups is 1. The van der Waals surface area contributed by atoms with Gasteiger partial charge < -0.3 is 20.3 Å². The summed E-state index contributed by atoms with van der Waals surface area (Å²) >= 11 is 0. The van der Waals surface area contributed by atoms with Crippen LogP contribution in [0.25, 0.3) is 0 Å². The van der Waals surface area contributed by atoms with Gasteiger partial charge in [-0.3, -0.25) is 4.79 Å².